The molecule has 1 aliphatic rings. The normalized spacial score (nSPS) is 20.6. The maximum Gasteiger partial charge on any atom is 0.323 e. The molecule has 1 saturated heterocycles. The van der Waals surface area contributed by atoms with Crippen molar-refractivity contribution < 1.29 is 4.79 Å². The second-order valence-electron chi connectivity index (χ2n) is 3.44. The van der Waals surface area contributed by atoms with Crippen LogP contribution in [0, 0.1) is 5.41 Å². The Labute approximate surface area is 88.4 Å². The Morgan fingerprint density at radius 2 is 2.07 bits per heavy atom. The predicted molar refractivity (Wildman–Crippen MR) is 57.8 cm³/mol. The SMILES string of the molecule is CCN1C(=O)NC(=N)C1c1ccccc1. The van der Waals surface area contributed by atoms with E-state index < -0.39 is 0 Å². The molecule has 0 bridgehead atoms. The number of benzene rings is 1. The van der Waals surface area contributed by atoms with Gasteiger partial charge in [-0.15, -0.1) is 0 Å². The van der Waals surface area contributed by atoms with E-state index in [9.17, 15) is 4.79 Å². The number of amidine groups is 1. The number of urea groups is 1. The number of likely N-dealkylation sites (N-methyl/N-ethyl adjacent to an activating group) is 1. The van der Waals surface area contributed by atoms with Crippen LogP contribution in [0.2, 0.25) is 0 Å². The lowest BCUT2D eigenvalue weighted by molar-refractivity contribution is 0.209. The van der Waals surface area contributed by atoms with Crippen molar-refractivity contribution in [1.82, 2.24) is 10.2 Å². The van der Waals surface area contributed by atoms with Crippen LogP contribution in [0.1, 0.15) is 18.5 Å². The van der Waals surface area contributed by atoms with Gasteiger partial charge in [0.2, 0.25) is 0 Å². The molecule has 0 aliphatic carbocycles. The van der Waals surface area contributed by atoms with Gasteiger partial charge >= 0.3 is 6.03 Å². The van der Waals surface area contributed by atoms with Crippen molar-refractivity contribution in [3.8, 4) is 0 Å². The summed E-state index contributed by atoms with van der Waals surface area (Å²) in [5, 5.41) is 10.3. The van der Waals surface area contributed by atoms with Crippen LogP contribution in [0.3, 0.4) is 0 Å². The average molecular weight is 203 g/mol. The Morgan fingerprint density at radius 1 is 1.40 bits per heavy atom. The zero-order chi connectivity index (χ0) is 10.8. The molecule has 2 rings (SSSR count). The summed E-state index contributed by atoms with van der Waals surface area (Å²) < 4.78 is 0. The van der Waals surface area contributed by atoms with Crippen LogP contribution in [0.5, 0.6) is 0 Å². The molecule has 15 heavy (non-hydrogen) atoms. The number of rotatable bonds is 2. The summed E-state index contributed by atoms with van der Waals surface area (Å²) in [7, 11) is 0. The molecule has 4 heteroatoms. The van der Waals surface area contributed by atoms with Gasteiger partial charge in [-0.1, -0.05) is 30.3 Å². The van der Waals surface area contributed by atoms with Crippen molar-refractivity contribution in [2.45, 2.75) is 13.0 Å². The summed E-state index contributed by atoms with van der Waals surface area (Å²) in [6.07, 6.45) is 0. The standard InChI is InChI=1S/C11H13N3O/c1-2-14-9(10(12)13-11(14)15)8-6-4-3-5-7-8/h3-7,9H,2H2,1H3,(H2,12,13,15). The lowest BCUT2D eigenvalue weighted by Gasteiger charge is -2.20. The monoisotopic (exact) mass is 203 g/mol. The number of hydrogen-bond donors (Lipinski definition) is 2. The molecular weight excluding hydrogens is 190 g/mol. The second-order valence-corrected chi connectivity index (χ2v) is 3.44. The molecular formula is C11H13N3O. The van der Waals surface area contributed by atoms with Gasteiger partial charge < -0.3 is 4.90 Å². The minimum atomic E-state index is -0.247. The van der Waals surface area contributed by atoms with Gasteiger partial charge in [0.25, 0.3) is 0 Å². The highest BCUT2D eigenvalue weighted by Gasteiger charge is 2.35. The van der Waals surface area contributed by atoms with Gasteiger partial charge in [-0.3, -0.25) is 10.7 Å². The summed E-state index contributed by atoms with van der Waals surface area (Å²) in [4.78, 5) is 13.1. The van der Waals surface area contributed by atoms with Gasteiger partial charge in [-0.25, -0.2) is 4.79 Å². The van der Waals surface area contributed by atoms with E-state index >= 15 is 0 Å². The van der Waals surface area contributed by atoms with E-state index in [0.29, 0.717) is 6.54 Å². The van der Waals surface area contributed by atoms with Crippen LogP contribution < -0.4 is 5.32 Å². The van der Waals surface area contributed by atoms with Crippen molar-refractivity contribution in [3.63, 3.8) is 0 Å². The number of carbonyl (C=O) groups excluding carboxylic acids is 1. The summed E-state index contributed by atoms with van der Waals surface area (Å²) in [5.74, 6) is 0.257. The van der Waals surface area contributed by atoms with Crippen LogP contribution in [-0.2, 0) is 0 Å². The van der Waals surface area contributed by atoms with Gasteiger partial charge in [0, 0.05) is 6.54 Å². The van der Waals surface area contributed by atoms with Crippen LogP contribution in [0.4, 0.5) is 4.79 Å². The number of carbonyl (C=O) groups is 1. The number of nitrogens with one attached hydrogen (secondary N) is 2. The van der Waals surface area contributed by atoms with E-state index in [0.717, 1.165) is 5.56 Å². The molecule has 1 aromatic rings. The summed E-state index contributed by atoms with van der Waals surface area (Å²) in [6, 6.07) is 9.19. The van der Waals surface area contributed by atoms with E-state index in [1.807, 2.05) is 37.3 Å². The lowest BCUT2D eigenvalue weighted by atomic mass is 10.1. The quantitative estimate of drug-likeness (QED) is 0.755. The molecule has 0 spiro atoms. The van der Waals surface area contributed by atoms with Crippen LogP contribution in [0.25, 0.3) is 0 Å². The zero-order valence-electron chi connectivity index (χ0n) is 8.53. The zero-order valence-corrected chi connectivity index (χ0v) is 8.53. The van der Waals surface area contributed by atoms with E-state index in [1.165, 1.54) is 0 Å². The molecule has 2 N–H and O–H groups in total. The van der Waals surface area contributed by atoms with Crippen molar-refractivity contribution in [2.75, 3.05) is 6.54 Å². The molecule has 1 aromatic carbocycles. The third kappa shape index (κ3) is 1.58. The molecule has 4 nitrogen and oxygen atoms in total. The predicted octanol–water partition coefficient (Wildman–Crippen LogP) is 1.75. The average Bonchev–Trinajstić information content (AvgIpc) is 2.54. The van der Waals surface area contributed by atoms with E-state index in [4.69, 9.17) is 5.41 Å². The maximum atomic E-state index is 11.5. The summed E-state index contributed by atoms with van der Waals surface area (Å²) >= 11 is 0. The Bertz CT molecular complexity index is 388. The minimum absolute atomic E-state index is 0.184. The van der Waals surface area contributed by atoms with E-state index in [2.05, 4.69) is 5.32 Å². The molecule has 1 fully saturated rings. The first kappa shape index (κ1) is 9.71. The van der Waals surface area contributed by atoms with Gasteiger partial charge in [-0.2, -0.15) is 0 Å². The Balaban J connectivity index is 2.35. The molecule has 0 saturated carbocycles. The highest BCUT2D eigenvalue weighted by Crippen LogP contribution is 2.24. The van der Waals surface area contributed by atoms with Crippen molar-refractivity contribution in [3.05, 3.63) is 35.9 Å². The first-order valence-corrected chi connectivity index (χ1v) is 4.95. The second kappa shape index (κ2) is 3.73. The highest BCUT2D eigenvalue weighted by atomic mass is 16.2. The highest BCUT2D eigenvalue weighted by molar-refractivity contribution is 6.05. The number of hydrogen-bond acceptors (Lipinski definition) is 2. The fraction of sp³-hybridized carbons (Fsp3) is 0.273. The summed E-state index contributed by atoms with van der Waals surface area (Å²) in [6.45, 7) is 2.52. The van der Waals surface area contributed by atoms with Gasteiger partial charge in [0.15, 0.2) is 0 Å². The molecule has 1 atom stereocenters. The number of nitrogens with zero attached hydrogens (tertiary/aromatic N) is 1. The van der Waals surface area contributed by atoms with Gasteiger partial charge in [0.1, 0.15) is 11.9 Å². The molecule has 0 aromatic heterocycles. The molecule has 1 heterocycles. The van der Waals surface area contributed by atoms with Crippen LogP contribution >= 0.6 is 0 Å². The molecule has 1 unspecified atom stereocenters. The van der Waals surface area contributed by atoms with Crippen LogP contribution in [-0.4, -0.2) is 23.3 Å². The summed E-state index contributed by atoms with van der Waals surface area (Å²) in [5.41, 5.74) is 0.975. The first-order valence-electron chi connectivity index (χ1n) is 4.95. The lowest BCUT2D eigenvalue weighted by Crippen LogP contribution is -2.29. The molecule has 78 valence electrons. The third-order valence-corrected chi connectivity index (χ3v) is 2.54. The topological polar surface area (TPSA) is 56.2 Å². The van der Waals surface area contributed by atoms with Crippen molar-refractivity contribution in [1.29, 1.82) is 5.41 Å². The van der Waals surface area contributed by atoms with Crippen molar-refractivity contribution in [2.24, 2.45) is 0 Å². The molecule has 0 radical (unpaired) electrons. The maximum absolute atomic E-state index is 11.5. The Morgan fingerprint density at radius 3 is 2.67 bits per heavy atom. The molecule has 2 amide bonds. The first-order chi connectivity index (χ1) is 7.24. The Hall–Kier alpha value is -1.84. The number of amides is 2. The fourth-order valence-corrected chi connectivity index (χ4v) is 1.84. The minimum Gasteiger partial charge on any atom is -0.310 e. The van der Waals surface area contributed by atoms with E-state index in [-0.39, 0.29) is 17.9 Å². The fourth-order valence-electron chi connectivity index (χ4n) is 1.84. The van der Waals surface area contributed by atoms with Crippen molar-refractivity contribution >= 4 is 11.9 Å². The molecule has 1 aliphatic heterocycles. The Kier molecular flexibility index (Phi) is 2.41. The third-order valence-electron chi connectivity index (χ3n) is 2.54. The van der Waals surface area contributed by atoms with Gasteiger partial charge in [-0.05, 0) is 12.5 Å². The van der Waals surface area contributed by atoms with E-state index in [1.54, 1.807) is 4.90 Å². The van der Waals surface area contributed by atoms with Crippen LogP contribution in [0.15, 0.2) is 30.3 Å². The largest absolute Gasteiger partial charge is 0.323 e. The smallest absolute Gasteiger partial charge is 0.310 e. The van der Waals surface area contributed by atoms with Gasteiger partial charge in [0.05, 0.1) is 0 Å².